The van der Waals surface area contributed by atoms with Crippen molar-refractivity contribution in [2.45, 2.75) is 58.2 Å². The molecular formula is C21H23N3O10. The molecule has 0 bridgehead atoms. The van der Waals surface area contributed by atoms with Crippen LogP contribution < -0.4 is 0 Å². The predicted octanol–water partition coefficient (Wildman–Crippen LogP) is 0.930. The number of esters is 4. The van der Waals surface area contributed by atoms with Gasteiger partial charge in [-0.1, -0.05) is 6.07 Å². The summed E-state index contributed by atoms with van der Waals surface area (Å²) in [6.45, 7) is 4.23. The molecule has 5 atom stereocenters. The maximum atomic E-state index is 11.9. The highest BCUT2D eigenvalue weighted by atomic mass is 16.7. The molecule has 0 N–H and O–H groups in total. The number of carbonyl (C=O) groups is 4. The second-order valence-electron chi connectivity index (χ2n) is 7.28. The fourth-order valence-electron chi connectivity index (χ4n) is 3.37. The largest absolute Gasteiger partial charge is 0.463 e. The van der Waals surface area contributed by atoms with E-state index in [-0.39, 0.29) is 18.4 Å². The normalized spacial score (nSPS) is 24.1. The molecule has 1 saturated heterocycles. The van der Waals surface area contributed by atoms with Gasteiger partial charge in [-0.15, -0.1) is 10.2 Å². The van der Waals surface area contributed by atoms with Gasteiger partial charge in [0.05, 0.1) is 0 Å². The Labute approximate surface area is 193 Å². The Morgan fingerprint density at radius 1 is 0.853 bits per heavy atom. The van der Waals surface area contributed by atoms with Crippen molar-refractivity contribution in [1.82, 2.24) is 15.2 Å². The zero-order valence-electron chi connectivity index (χ0n) is 18.8. The molecular weight excluding hydrogens is 454 g/mol. The van der Waals surface area contributed by atoms with E-state index >= 15 is 0 Å². The summed E-state index contributed by atoms with van der Waals surface area (Å²) in [6, 6.07) is 5.07. The average Bonchev–Trinajstić information content (AvgIpc) is 3.25. The number of hydrogen-bond donors (Lipinski definition) is 0. The van der Waals surface area contributed by atoms with Crippen LogP contribution in [-0.2, 0) is 42.9 Å². The Balaban J connectivity index is 2.03. The maximum absolute atomic E-state index is 11.9. The summed E-state index contributed by atoms with van der Waals surface area (Å²) >= 11 is 0. The number of rotatable bonds is 7. The molecule has 0 aliphatic carbocycles. The van der Waals surface area contributed by atoms with Crippen molar-refractivity contribution >= 4 is 23.9 Å². The zero-order valence-corrected chi connectivity index (χ0v) is 18.8. The molecule has 3 heterocycles. The zero-order chi connectivity index (χ0) is 24.8. The summed E-state index contributed by atoms with van der Waals surface area (Å²) in [5, 5.41) is 7.92. The lowest BCUT2D eigenvalue weighted by Gasteiger charge is -2.43. The van der Waals surface area contributed by atoms with E-state index in [4.69, 9.17) is 28.1 Å². The second-order valence-corrected chi connectivity index (χ2v) is 7.28. The minimum Gasteiger partial charge on any atom is -0.463 e. The lowest BCUT2D eigenvalue weighted by atomic mass is 9.94. The molecule has 34 heavy (non-hydrogen) atoms. The van der Waals surface area contributed by atoms with Gasteiger partial charge in [-0.25, -0.2) is 0 Å². The lowest BCUT2D eigenvalue weighted by Crippen LogP contribution is -2.59. The third-order valence-electron chi connectivity index (χ3n) is 4.56. The Morgan fingerprint density at radius 3 is 2.09 bits per heavy atom. The van der Waals surface area contributed by atoms with Crippen LogP contribution in [-0.4, -0.2) is 70.1 Å². The maximum Gasteiger partial charge on any atom is 0.303 e. The van der Waals surface area contributed by atoms with E-state index in [1.165, 1.54) is 13.1 Å². The molecule has 0 aromatic carbocycles. The fourth-order valence-corrected chi connectivity index (χ4v) is 3.37. The third kappa shape index (κ3) is 6.13. The van der Waals surface area contributed by atoms with E-state index in [0.717, 1.165) is 20.8 Å². The highest BCUT2D eigenvalue weighted by Crippen LogP contribution is 2.37. The number of aromatic nitrogens is 3. The number of nitrogens with zero attached hydrogens (tertiary/aromatic N) is 3. The van der Waals surface area contributed by atoms with Crippen LogP contribution in [0.15, 0.2) is 28.8 Å². The van der Waals surface area contributed by atoms with Gasteiger partial charge in [0.2, 0.25) is 5.89 Å². The highest BCUT2D eigenvalue weighted by molar-refractivity contribution is 5.68. The molecule has 0 amide bonds. The van der Waals surface area contributed by atoms with Crippen molar-refractivity contribution in [2.24, 2.45) is 0 Å². The summed E-state index contributed by atoms with van der Waals surface area (Å²) in [5.74, 6) is -2.90. The van der Waals surface area contributed by atoms with Crippen molar-refractivity contribution in [2.75, 3.05) is 6.61 Å². The van der Waals surface area contributed by atoms with Crippen molar-refractivity contribution in [1.29, 1.82) is 0 Å². The van der Waals surface area contributed by atoms with Crippen LogP contribution >= 0.6 is 0 Å². The first-order valence-corrected chi connectivity index (χ1v) is 10.2. The standard InChI is InChI=1S/C21H23N3O10/c1-10(25)29-9-15-16(30-11(2)26)17(31-12(3)27)18(32-13(4)28)19(33-15)21-24-23-20(34-21)14-7-5-6-8-22-14/h5-8,15-19H,9H2,1-4H3/t15-,16-,17+,18-,19-/m1/s1. The van der Waals surface area contributed by atoms with Crippen LogP contribution in [0.25, 0.3) is 11.6 Å². The summed E-state index contributed by atoms with van der Waals surface area (Å²) in [6.07, 6.45) is -4.80. The van der Waals surface area contributed by atoms with E-state index in [9.17, 15) is 19.2 Å². The predicted molar refractivity (Wildman–Crippen MR) is 108 cm³/mol. The topological polar surface area (TPSA) is 166 Å². The van der Waals surface area contributed by atoms with Crippen LogP contribution in [0, 0.1) is 0 Å². The first-order valence-electron chi connectivity index (χ1n) is 10.2. The second kappa shape index (κ2) is 10.8. The van der Waals surface area contributed by atoms with Gasteiger partial charge in [0.25, 0.3) is 5.89 Å². The van der Waals surface area contributed by atoms with Gasteiger partial charge in [-0.2, -0.15) is 0 Å². The summed E-state index contributed by atoms with van der Waals surface area (Å²) in [5.41, 5.74) is 0.381. The van der Waals surface area contributed by atoms with Gasteiger partial charge >= 0.3 is 23.9 Å². The minimum atomic E-state index is -1.34. The quantitative estimate of drug-likeness (QED) is 0.408. The van der Waals surface area contributed by atoms with Crippen molar-refractivity contribution in [3.05, 3.63) is 30.3 Å². The van der Waals surface area contributed by atoms with Gasteiger partial charge in [0.15, 0.2) is 24.4 Å². The van der Waals surface area contributed by atoms with Crippen molar-refractivity contribution in [3.63, 3.8) is 0 Å². The van der Waals surface area contributed by atoms with Gasteiger partial charge in [0.1, 0.15) is 18.4 Å². The molecule has 182 valence electrons. The van der Waals surface area contributed by atoms with Gasteiger partial charge in [-0.3, -0.25) is 24.2 Å². The molecule has 13 nitrogen and oxygen atoms in total. The van der Waals surface area contributed by atoms with Crippen LogP contribution in [0.3, 0.4) is 0 Å². The third-order valence-corrected chi connectivity index (χ3v) is 4.56. The Hall–Kier alpha value is -3.87. The number of hydrogen-bond acceptors (Lipinski definition) is 13. The molecule has 0 saturated carbocycles. The Bertz CT molecular complexity index is 1040. The monoisotopic (exact) mass is 477 g/mol. The molecule has 13 heteroatoms. The number of carbonyl (C=O) groups excluding carboxylic acids is 4. The van der Waals surface area contributed by atoms with Gasteiger partial charge in [0, 0.05) is 33.9 Å². The van der Waals surface area contributed by atoms with E-state index in [1.54, 1.807) is 18.2 Å². The molecule has 0 spiro atoms. The van der Waals surface area contributed by atoms with Crippen molar-refractivity contribution in [3.8, 4) is 11.6 Å². The van der Waals surface area contributed by atoms with Crippen LogP contribution in [0.5, 0.6) is 0 Å². The number of pyridine rings is 1. The van der Waals surface area contributed by atoms with Gasteiger partial charge < -0.3 is 28.1 Å². The molecule has 1 aliphatic heterocycles. The Morgan fingerprint density at radius 2 is 1.50 bits per heavy atom. The average molecular weight is 477 g/mol. The SMILES string of the molecule is CC(=O)OC[C@H]1O[C@@H](c2nnc(-c3ccccn3)o2)[C@H](OC(C)=O)[C@@H](OC(C)=O)[C@@H]1OC(C)=O. The molecule has 1 aliphatic rings. The highest BCUT2D eigenvalue weighted by Gasteiger charge is 2.54. The smallest absolute Gasteiger partial charge is 0.303 e. The summed E-state index contributed by atoms with van der Waals surface area (Å²) < 4.78 is 32.8. The van der Waals surface area contributed by atoms with Crippen molar-refractivity contribution < 1.29 is 47.3 Å². The molecule has 2 aromatic heterocycles. The summed E-state index contributed by atoms with van der Waals surface area (Å²) in [4.78, 5) is 51.1. The van der Waals surface area contributed by atoms with Crippen LogP contribution in [0.4, 0.5) is 0 Å². The molecule has 0 radical (unpaired) electrons. The molecule has 1 fully saturated rings. The van der Waals surface area contributed by atoms with E-state index < -0.39 is 54.4 Å². The molecule has 0 unspecified atom stereocenters. The molecule has 3 rings (SSSR count). The lowest BCUT2D eigenvalue weighted by molar-refractivity contribution is -0.257. The fraction of sp³-hybridized carbons (Fsp3) is 0.476. The number of ether oxygens (including phenoxy) is 5. The van der Waals surface area contributed by atoms with Crippen LogP contribution in [0.2, 0.25) is 0 Å². The molecule has 2 aromatic rings. The van der Waals surface area contributed by atoms with E-state index in [0.29, 0.717) is 5.69 Å². The van der Waals surface area contributed by atoms with Gasteiger partial charge in [-0.05, 0) is 12.1 Å². The summed E-state index contributed by atoms with van der Waals surface area (Å²) in [7, 11) is 0. The van der Waals surface area contributed by atoms with Crippen LogP contribution in [0.1, 0.15) is 39.7 Å². The Kier molecular flexibility index (Phi) is 7.89. The first kappa shape index (κ1) is 24.8. The van der Waals surface area contributed by atoms with E-state index in [2.05, 4.69) is 15.2 Å². The minimum absolute atomic E-state index is 0.0588. The van der Waals surface area contributed by atoms with E-state index in [1.807, 2.05) is 0 Å². The first-order chi connectivity index (χ1) is 16.2.